The quantitative estimate of drug-likeness (QED) is 0.201. The highest BCUT2D eigenvalue weighted by Crippen LogP contribution is 2.70. The molecule has 0 aliphatic heterocycles. The van der Waals surface area contributed by atoms with Gasteiger partial charge < -0.3 is 14.2 Å². The maximum atomic E-state index is 12.7. The molecule has 15 atom stereocenters. The fourth-order valence-electron chi connectivity index (χ4n) is 11.9. The molecule has 6 bridgehead atoms. The topological polar surface area (TPSA) is 78.9 Å². The molecule has 8 aliphatic carbocycles. The molecule has 0 aromatic carbocycles. The van der Waals surface area contributed by atoms with Crippen molar-refractivity contribution < 1.29 is 28.6 Å². The largest absolute Gasteiger partial charge is 0.469 e. The zero-order chi connectivity index (χ0) is 29.0. The minimum absolute atomic E-state index is 0.0875. The van der Waals surface area contributed by atoms with Crippen molar-refractivity contribution in [2.24, 2.45) is 82.9 Å². The zero-order valence-electron chi connectivity index (χ0n) is 26.1. The lowest BCUT2D eigenvalue weighted by Crippen LogP contribution is -2.38. The van der Waals surface area contributed by atoms with Gasteiger partial charge in [-0.1, -0.05) is 13.8 Å². The van der Waals surface area contributed by atoms with Crippen molar-refractivity contribution in [1.82, 2.24) is 0 Å². The van der Waals surface area contributed by atoms with Crippen molar-refractivity contribution >= 4 is 17.9 Å². The number of ether oxygens (including phenoxy) is 3. The smallest absolute Gasteiger partial charge is 0.309 e. The first-order chi connectivity index (χ1) is 19.7. The standard InChI is InChI=1S/C21H32O4.C11H16.C3H6O2/c1-4-12(7-11(2)20(22)24-3)21(23)25-17-10-15-9-16(17)19-14-6-5-13(8-14)18(15)19;1-2-7-3-6(1)9-4-8-5-10(8)11(7)9;1-3(4)5-2/h11-19H,4-10H2,1-3H3;6-11H,1-5H2;1-2H3. The van der Waals surface area contributed by atoms with E-state index in [-0.39, 0.29) is 35.8 Å². The average molecular weight is 571 g/mol. The lowest BCUT2D eigenvalue weighted by Gasteiger charge is -2.38. The molecule has 15 unspecified atom stereocenters. The maximum absolute atomic E-state index is 12.7. The number of carbonyl (C=O) groups excluding carboxylic acids is 3. The van der Waals surface area contributed by atoms with Crippen LogP contribution in [0, 0.1) is 82.9 Å². The first-order valence-electron chi connectivity index (χ1n) is 17.1. The Kier molecular flexibility index (Phi) is 8.51. The second-order valence-corrected chi connectivity index (χ2v) is 15.3. The molecule has 0 saturated heterocycles. The first kappa shape index (κ1) is 29.5. The van der Waals surface area contributed by atoms with Crippen LogP contribution in [0.1, 0.15) is 97.8 Å². The summed E-state index contributed by atoms with van der Waals surface area (Å²) in [4.78, 5) is 34.0. The molecule has 6 nitrogen and oxygen atoms in total. The monoisotopic (exact) mass is 570 g/mol. The minimum atomic E-state index is -0.252. The van der Waals surface area contributed by atoms with Gasteiger partial charge in [-0.15, -0.1) is 0 Å². The second kappa shape index (κ2) is 11.8. The zero-order valence-corrected chi connectivity index (χ0v) is 26.1. The molecular weight excluding hydrogens is 516 g/mol. The summed E-state index contributed by atoms with van der Waals surface area (Å²) in [5, 5.41) is 0. The molecular formula is C35H54O6. The van der Waals surface area contributed by atoms with Crippen molar-refractivity contribution in [3.8, 4) is 0 Å². The third kappa shape index (κ3) is 5.48. The molecule has 0 aromatic rings. The lowest BCUT2D eigenvalue weighted by molar-refractivity contribution is -0.160. The van der Waals surface area contributed by atoms with Gasteiger partial charge in [0.15, 0.2) is 0 Å². The molecule has 0 N–H and O–H groups in total. The van der Waals surface area contributed by atoms with Gasteiger partial charge in [-0.3, -0.25) is 14.4 Å². The summed E-state index contributed by atoms with van der Waals surface area (Å²) in [5.41, 5.74) is 0. The third-order valence-corrected chi connectivity index (χ3v) is 13.5. The van der Waals surface area contributed by atoms with Gasteiger partial charge in [0, 0.05) is 6.92 Å². The molecule has 8 aliphatic rings. The number of esters is 3. The van der Waals surface area contributed by atoms with Gasteiger partial charge in [-0.05, 0) is 148 Å². The van der Waals surface area contributed by atoms with Gasteiger partial charge in [0.25, 0.3) is 0 Å². The Bertz CT molecular complexity index is 993. The SMILES string of the molecule is C1CC2CC1C1CC3CC3C21.CCC(CC(C)C(=O)OC)C(=O)OC1CC2CC1C1C3CCC(C3)C21.COC(C)=O. The van der Waals surface area contributed by atoms with Crippen LogP contribution in [0.2, 0.25) is 0 Å². The molecule has 0 amide bonds. The van der Waals surface area contributed by atoms with Crippen molar-refractivity contribution in [3.05, 3.63) is 0 Å². The van der Waals surface area contributed by atoms with Crippen LogP contribution in [0.5, 0.6) is 0 Å². The Morgan fingerprint density at radius 1 is 0.659 bits per heavy atom. The molecule has 0 radical (unpaired) electrons. The normalized spacial score (nSPS) is 45.7. The Hall–Kier alpha value is -1.59. The van der Waals surface area contributed by atoms with Crippen LogP contribution in [-0.4, -0.2) is 38.2 Å². The summed E-state index contributed by atoms with van der Waals surface area (Å²) >= 11 is 0. The second-order valence-electron chi connectivity index (χ2n) is 15.3. The number of hydrogen-bond donors (Lipinski definition) is 0. The predicted molar refractivity (Wildman–Crippen MR) is 155 cm³/mol. The van der Waals surface area contributed by atoms with Gasteiger partial charge in [-0.2, -0.15) is 0 Å². The predicted octanol–water partition coefficient (Wildman–Crippen LogP) is 6.69. The minimum Gasteiger partial charge on any atom is -0.469 e. The van der Waals surface area contributed by atoms with Crippen LogP contribution in [0.3, 0.4) is 0 Å². The van der Waals surface area contributed by atoms with Gasteiger partial charge in [0.2, 0.25) is 0 Å². The number of fused-ring (bicyclic) bond motifs is 16. The van der Waals surface area contributed by atoms with Gasteiger partial charge in [0.05, 0.1) is 26.1 Å². The fourth-order valence-corrected chi connectivity index (χ4v) is 11.9. The molecule has 8 fully saturated rings. The summed E-state index contributed by atoms with van der Waals surface area (Å²) in [6.45, 7) is 5.20. The van der Waals surface area contributed by atoms with E-state index < -0.39 is 0 Å². The van der Waals surface area contributed by atoms with E-state index in [0.717, 1.165) is 42.4 Å². The van der Waals surface area contributed by atoms with Crippen LogP contribution in [0.15, 0.2) is 0 Å². The fraction of sp³-hybridized carbons (Fsp3) is 0.914. The van der Waals surface area contributed by atoms with Crippen LogP contribution in [0.25, 0.3) is 0 Å². The van der Waals surface area contributed by atoms with E-state index >= 15 is 0 Å². The van der Waals surface area contributed by atoms with E-state index in [1.807, 2.05) is 13.8 Å². The van der Waals surface area contributed by atoms with Gasteiger partial charge in [0.1, 0.15) is 6.10 Å². The Morgan fingerprint density at radius 2 is 1.22 bits per heavy atom. The highest BCUT2D eigenvalue weighted by Gasteiger charge is 2.64. The van der Waals surface area contributed by atoms with Crippen molar-refractivity contribution in [2.45, 2.75) is 104 Å². The highest BCUT2D eigenvalue weighted by atomic mass is 16.5. The maximum Gasteiger partial charge on any atom is 0.309 e. The van der Waals surface area contributed by atoms with Crippen molar-refractivity contribution in [1.29, 1.82) is 0 Å². The summed E-state index contributed by atoms with van der Waals surface area (Å²) in [5.74, 6) is 11.4. The van der Waals surface area contributed by atoms with E-state index in [1.165, 1.54) is 82.3 Å². The van der Waals surface area contributed by atoms with E-state index in [0.29, 0.717) is 12.3 Å². The highest BCUT2D eigenvalue weighted by molar-refractivity contribution is 5.76. The Morgan fingerprint density at radius 3 is 1.83 bits per heavy atom. The summed E-state index contributed by atoms with van der Waals surface area (Å²) in [6, 6.07) is 0. The van der Waals surface area contributed by atoms with E-state index in [1.54, 1.807) is 32.1 Å². The van der Waals surface area contributed by atoms with Gasteiger partial charge >= 0.3 is 17.9 Å². The van der Waals surface area contributed by atoms with Crippen LogP contribution >= 0.6 is 0 Å². The Labute approximate surface area is 247 Å². The molecule has 8 rings (SSSR count). The molecule has 0 aromatic heterocycles. The van der Waals surface area contributed by atoms with Crippen LogP contribution < -0.4 is 0 Å². The molecule has 0 heterocycles. The number of methoxy groups -OCH3 is 2. The number of carbonyl (C=O) groups is 3. The molecule has 6 heteroatoms. The third-order valence-electron chi connectivity index (χ3n) is 13.5. The molecule has 230 valence electrons. The van der Waals surface area contributed by atoms with Crippen LogP contribution in [-0.2, 0) is 28.6 Å². The number of rotatable bonds is 6. The van der Waals surface area contributed by atoms with Crippen LogP contribution in [0.4, 0.5) is 0 Å². The molecule has 8 saturated carbocycles. The van der Waals surface area contributed by atoms with E-state index in [4.69, 9.17) is 9.47 Å². The van der Waals surface area contributed by atoms with E-state index in [9.17, 15) is 14.4 Å². The molecule has 0 spiro atoms. The molecule has 41 heavy (non-hydrogen) atoms. The van der Waals surface area contributed by atoms with Crippen molar-refractivity contribution in [3.63, 3.8) is 0 Å². The van der Waals surface area contributed by atoms with Gasteiger partial charge in [-0.25, -0.2) is 0 Å². The summed E-state index contributed by atoms with van der Waals surface area (Å²) < 4.78 is 14.9. The Balaban J connectivity index is 0.000000153. The first-order valence-corrected chi connectivity index (χ1v) is 17.1. The van der Waals surface area contributed by atoms with Crippen molar-refractivity contribution in [2.75, 3.05) is 14.2 Å². The van der Waals surface area contributed by atoms with E-state index in [2.05, 4.69) is 4.74 Å². The lowest BCUT2D eigenvalue weighted by atomic mass is 9.70. The number of hydrogen-bond acceptors (Lipinski definition) is 6. The summed E-state index contributed by atoms with van der Waals surface area (Å²) in [6.07, 6.45) is 16.2. The summed E-state index contributed by atoms with van der Waals surface area (Å²) in [7, 11) is 2.75. The average Bonchev–Trinajstić information content (AvgIpc) is 3.70.